The molecule has 7 heteroatoms. The van der Waals surface area contributed by atoms with E-state index in [-0.39, 0.29) is 11.9 Å². The normalized spacial score (nSPS) is 18.0. The summed E-state index contributed by atoms with van der Waals surface area (Å²) >= 11 is 3.31. The number of hydrogen-bond donors (Lipinski definition) is 1. The van der Waals surface area contributed by atoms with Crippen molar-refractivity contribution in [2.24, 2.45) is 0 Å². The molecule has 1 unspecified atom stereocenters. The third kappa shape index (κ3) is 2.24. The third-order valence-corrected chi connectivity index (χ3v) is 6.45. The highest BCUT2D eigenvalue weighted by Gasteiger charge is 2.31. The molecule has 22 heavy (non-hydrogen) atoms. The van der Waals surface area contributed by atoms with Crippen molar-refractivity contribution >= 4 is 27.6 Å². The van der Waals surface area contributed by atoms with Crippen LogP contribution in [0, 0.1) is 6.92 Å². The van der Waals surface area contributed by atoms with Crippen LogP contribution in [-0.2, 0) is 0 Å². The Labute approximate surface area is 136 Å². The van der Waals surface area contributed by atoms with Gasteiger partial charge < -0.3 is 5.11 Å². The number of aryl methyl sites for hydroxylation is 1. The summed E-state index contributed by atoms with van der Waals surface area (Å²) in [6.07, 6.45) is 5.24. The molecule has 0 radical (unpaired) electrons. The Morgan fingerprint density at radius 3 is 2.73 bits per heavy atom. The number of rotatable bonds is 3. The Morgan fingerprint density at radius 1 is 1.23 bits per heavy atom. The molecular weight excluding hydrogens is 316 g/mol. The van der Waals surface area contributed by atoms with Gasteiger partial charge in [-0.25, -0.2) is 4.98 Å². The number of aromatic nitrogens is 3. The van der Waals surface area contributed by atoms with Crippen LogP contribution in [0.2, 0.25) is 0 Å². The average Bonchev–Trinajstić information content (AvgIpc) is 3.22. The van der Waals surface area contributed by atoms with Crippen molar-refractivity contribution in [2.45, 2.75) is 32.2 Å². The summed E-state index contributed by atoms with van der Waals surface area (Å²) in [7, 11) is 0. The predicted octanol–water partition coefficient (Wildman–Crippen LogP) is 3.44. The van der Waals surface area contributed by atoms with Crippen molar-refractivity contribution in [3.63, 3.8) is 0 Å². The maximum absolute atomic E-state index is 10.6. The number of likely N-dealkylation sites (tertiary alicyclic amines) is 1. The molecule has 1 saturated heterocycles. The van der Waals surface area contributed by atoms with E-state index >= 15 is 0 Å². The van der Waals surface area contributed by atoms with Gasteiger partial charge in [0.25, 0.3) is 0 Å². The summed E-state index contributed by atoms with van der Waals surface area (Å²) < 4.78 is 1.54. The first-order valence-electron chi connectivity index (χ1n) is 7.55. The fraction of sp³-hybridized carbons (Fsp3) is 0.467. The van der Waals surface area contributed by atoms with Crippen LogP contribution in [0.4, 0.5) is 0 Å². The molecule has 4 heterocycles. The Morgan fingerprint density at radius 2 is 2.05 bits per heavy atom. The highest BCUT2D eigenvalue weighted by Crippen LogP contribution is 2.43. The van der Waals surface area contributed by atoms with Crippen molar-refractivity contribution in [3.05, 3.63) is 33.1 Å². The number of thiazole rings is 1. The average molecular weight is 334 g/mol. The molecule has 116 valence electrons. The summed E-state index contributed by atoms with van der Waals surface area (Å²) in [4.78, 5) is 9.76. The van der Waals surface area contributed by atoms with E-state index in [1.54, 1.807) is 27.2 Å². The zero-order valence-corrected chi connectivity index (χ0v) is 14.0. The molecule has 1 fully saturated rings. The topological polar surface area (TPSA) is 53.7 Å². The fourth-order valence-electron chi connectivity index (χ4n) is 3.16. The quantitative estimate of drug-likeness (QED) is 0.797. The molecule has 0 bridgehead atoms. The zero-order chi connectivity index (χ0) is 15.1. The van der Waals surface area contributed by atoms with E-state index < -0.39 is 0 Å². The highest BCUT2D eigenvalue weighted by molar-refractivity contribution is 7.17. The monoisotopic (exact) mass is 334 g/mol. The van der Waals surface area contributed by atoms with Gasteiger partial charge in [-0.2, -0.15) is 9.61 Å². The molecule has 0 aromatic carbocycles. The number of thiophene rings is 1. The number of piperidine rings is 1. The van der Waals surface area contributed by atoms with Crippen LogP contribution in [0.15, 0.2) is 17.8 Å². The summed E-state index contributed by atoms with van der Waals surface area (Å²) in [6.45, 7) is 4.31. The van der Waals surface area contributed by atoms with Crippen molar-refractivity contribution < 1.29 is 5.11 Å². The van der Waals surface area contributed by atoms with E-state index in [1.807, 2.05) is 0 Å². The zero-order valence-electron chi connectivity index (χ0n) is 12.4. The molecule has 1 atom stereocenters. The smallest absolute Gasteiger partial charge is 0.230 e. The Balaban J connectivity index is 1.84. The van der Waals surface area contributed by atoms with Crippen molar-refractivity contribution in [1.29, 1.82) is 0 Å². The molecule has 0 saturated carbocycles. The molecule has 4 rings (SSSR count). The Bertz CT molecular complexity index is 785. The second-order valence-corrected chi connectivity index (χ2v) is 7.67. The number of hydrogen-bond acceptors (Lipinski definition) is 6. The first kappa shape index (κ1) is 14.2. The van der Waals surface area contributed by atoms with Crippen LogP contribution in [0.5, 0.6) is 5.88 Å². The van der Waals surface area contributed by atoms with Gasteiger partial charge >= 0.3 is 0 Å². The SMILES string of the molecule is Cc1ccsc1C(c1sc2ncnn2c1O)N1CCCCC1. The van der Waals surface area contributed by atoms with Crippen LogP contribution >= 0.6 is 22.7 Å². The van der Waals surface area contributed by atoms with E-state index in [4.69, 9.17) is 0 Å². The maximum atomic E-state index is 10.6. The molecule has 1 N–H and O–H groups in total. The molecule has 1 aliphatic rings. The number of nitrogens with zero attached hydrogens (tertiary/aromatic N) is 4. The fourth-order valence-corrected chi connectivity index (χ4v) is 5.38. The van der Waals surface area contributed by atoms with Gasteiger partial charge in [-0.15, -0.1) is 11.3 Å². The van der Waals surface area contributed by atoms with Gasteiger partial charge in [0, 0.05) is 4.88 Å². The molecule has 0 spiro atoms. The number of aromatic hydroxyl groups is 1. The van der Waals surface area contributed by atoms with Gasteiger partial charge in [-0.3, -0.25) is 4.90 Å². The minimum Gasteiger partial charge on any atom is -0.492 e. The van der Waals surface area contributed by atoms with Crippen LogP contribution in [0.3, 0.4) is 0 Å². The van der Waals surface area contributed by atoms with E-state index in [9.17, 15) is 5.11 Å². The minimum absolute atomic E-state index is 0.119. The first-order valence-corrected chi connectivity index (χ1v) is 9.25. The Kier molecular flexibility index (Phi) is 3.63. The lowest BCUT2D eigenvalue weighted by Crippen LogP contribution is -2.34. The summed E-state index contributed by atoms with van der Waals surface area (Å²) in [5.41, 5.74) is 1.29. The van der Waals surface area contributed by atoms with Crippen LogP contribution in [0.25, 0.3) is 4.96 Å². The molecular formula is C15H18N4OS2. The van der Waals surface area contributed by atoms with Crippen molar-refractivity contribution in [1.82, 2.24) is 19.5 Å². The van der Waals surface area contributed by atoms with E-state index in [1.165, 1.54) is 36.0 Å². The molecule has 5 nitrogen and oxygen atoms in total. The standard InChI is InChI=1S/C15H18N4OS2/c1-10-5-8-21-12(10)11(18-6-3-2-4-7-18)13-14(20)19-15(22-13)16-9-17-19/h5,8-9,11,20H,2-4,6-7H2,1H3. The van der Waals surface area contributed by atoms with Gasteiger partial charge in [-0.05, 0) is 49.9 Å². The number of fused-ring (bicyclic) bond motifs is 1. The van der Waals surface area contributed by atoms with E-state index in [2.05, 4.69) is 33.4 Å². The lowest BCUT2D eigenvalue weighted by Gasteiger charge is -2.33. The second-order valence-electron chi connectivity index (χ2n) is 5.71. The van der Waals surface area contributed by atoms with Gasteiger partial charge in [0.05, 0.1) is 10.9 Å². The largest absolute Gasteiger partial charge is 0.492 e. The van der Waals surface area contributed by atoms with Gasteiger partial charge in [-0.1, -0.05) is 17.8 Å². The van der Waals surface area contributed by atoms with Crippen LogP contribution in [-0.4, -0.2) is 37.7 Å². The Hall–Kier alpha value is -1.44. The summed E-state index contributed by atoms with van der Waals surface area (Å²) in [6, 6.07) is 2.28. The van der Waals surface area contributed by atoms with Crippen molar-refractivity contribution in [3.8, 4) is 5.88 Å². The molecule has 1 aliphatic heterocycles. The molecule has 3 aromatic heterocycles. The first-order chi connectivity index (χ1) is 10.8. The molecule has 3 aromatic rings. The van der Waals surface area contributed by atoms with Crippen LogP contribution in [0.1, 0.15) is 40.6 Å². The summed E-state index contributed by atoms with van der Waals surface area (Å²) in [5, 5.41) is 16.9. The molecule has 0 aliphatic carbocycles. The van der Waals surface area contributed by atoms with Gasteiger partial charge in [0.2, 0.25) is 10.8 Å². The van der Waals surface area contributed by atoms with E-state index in [0.29, 0.717) is 0 Å². The second kappa shape index (κ2) is 5.64. The lowest BCUT2D eigenvalue weighted by molar-refractivity contribution is 0.188. The highest BCUT2D eigenvalue weighted by atomic mass is 32.1. The summed E-state index contributed by atoms with van der Waals surface area (Å²) in [5.74, 6) is 0.237. The van der Waals surface area contributed by atoms with Crippen LogP contribution < -0.4 is 0 Å². The molecule has 0 amide bonds. The van der Waals surface area contributed by atoms with E-state index in [0.717, 1.165) is 22.9 Å². The van der Waals surface area contributed by atoms with Crippen molar-refractivity contribution in [2.75, 3.05) is 13.1 Å². The van der Waals surface area contributed by atoms with Gasteiger partial charge in [0.1, 0.15) is 6.33 Å². The third-order valence-electron chi connectivity index (χ3n) is 4.29. The van der Waals surface area contributed by atoms with Gasteiger partial charge in [0.15, 0.2) is 0 Å². The minimum atomic E-state index is 0.119. The maximum Gasteiger partial charge on any atom is 0.230 e. The predicted molar refractivity (Wildman–Crippen MR) is 88.9 cm³/mol. The lowest BCUT2D eigenvalue weighted by atomic mass is 10.0.